The zero-order chi connectivity index (χ0) is 17.9. The molecule has 6 heteroatoms. The van der Waals surface area contributed by atoms with Crippen molar-refractivity contribution < 1.29 is 13.0 Å². The number of hydrogen-bond donors (Lipinski definition) is 1. The molecule has 0 saturated heterocycles. The molecule has 0 unspecified atom stereocenters. The van der Waals surface area contributed by atoms with Gasteiger partial charge in [0, 0.05) is 16.3 Å². The van der Waals surface area contributed by atoms with E-state index in [0.29, 0.717) is 13.0 Å². The summed E-state index contributed by atoms with van der Waals surface area (Å²) in [6.07, 6.45) is 3.66. The van der Waals surface area contributed by atoms with Crippen molar-refractivity contribution in [3.05, 3.63) is 48.0 Å². The lowest BCUT2D eigenvalue weighted by molar-refractivity contribution is 0.481. The number of unbranched alkanes of at least 4 members (excludes halogenated alkanes) is 1. The van der Waals surface area contributed by atoms with Gasteiger partial charge < -0.3 is 4.90 Å². The van der Waals surface area contributed by atoms with E-state index in [4.69, 9.17) is 4.55 Å². The summed E-state index contributed by atoms with van der Waals surface area (Å²) >= 11 is 1.76. The van der Waals surface area contributed by atoms with Crippen LogP contribution in [0.1, 0.15) is 31.7 Å². The minimum atomic E-state index is -3.94. The molecule has 0 radical (unpaired) electrons. The fraction of sp³-hybridized carbons (Fsp3) is 0.368. The van der Waals surface area contributed by atoms with Crippen LogP contribution in [-0.4, -0.2) is 25.3 Å². The summed E-state index contributed by atoms with van der Waals surface area (Å²) in [4.78, 5) is 4.60. The molecule has 2 aromatic carbocycles. The summed E-state index contributed by atoms with van der Waals surface area (Å²) in [5, 5.41) is 0. The Labute approximate surface area is 154 Å². The first-order valence-corrected chi connectivity index (χ1v) is 11.0. The molecule has 134 valence electrons. The van der Waals surface area contributed by atoms with Crippen LogP contribution in [0, 0.1) is 0 Å². The van der Waals surface area contributed by atoms with Gasteiger partial charge in [0.05, 0.1) is 17.1 Å². The Morgan fingerprint density at radius 2 is 1.80 bits per heavy atom. The second-order valence-electron chi connectivity index (χ2n) is 6.23. The highest BCUT2D eigenvalue weighted by atomic mass is 32.2. The standard InChI is InChI=1S/C19H23NO3S2/c1-2-3-8-15-9-6-12-18-19(15)20(13-7-14-25(21,22)23)16-10-4-5-11-17(16)24-18/h4-6,9-12H,2-3,7-8,13-14H2,1H3,(H,21,22,23). The SMILES string of the molecule is CCCCc1cccc2c1N(CCCS(=O)(=O)O)c1ccccc1S2. The minimum Gasteiger partial charge on any atom is -0.339 e. The molecule has 4 nitrogen and oxygen atoms in total. The maximum Gasteiger partial charge on any atom is 0.264 e. The molecule has 1 N–H and O–H groups in total. The van der Waals surface area contributed by atoms with Gasteiger partial charge in [0.1, 0.15) is 0 Å². The van der Waals surface area contributed by atoms with Gasteiger partial charge >= 0.3 is 0 Å². The minimum absolute atomic E-state index is 0.217. The fourth-order valence-corrected chi connectivity index (χ4v) is 4.81. The Morgan fingerprint density at radius 1 is 1.04 bits per heavy atom. The van der Waals surface area contributed by atoms with Crippen molar-refractivity contribution in [2.75, 3.05) is 17.2 Å². The fourth-order valence-electron chi connectivity index (χ4n) is 3.17. The van der Waals surface area contributed by atoms with Gasteiger partial charge in [-0.1, -0.05) is 49.4 Å². The van der Waals surface area contributed by atoms with Crippen molar-refractivity contribution in [1.82, 2.24) is 0 Å². The third-order valence-electron chi connectivity index (χ3n) is 4.31. The van der Waals surface area contributed by atoms with E-state index in [1.54, 1.807) is 11.8 Å². The number of rotatable bonds is 7. The molecule has 0 atom stereocenters. The largest absolute Gasteiger partial charge is 0.339 e. The van der Waals surface area contributed by atoms with Gasteiger partial charge in [0.15, 0.2) is 0 Å². The summed E-state index contributed by atoms with van der Waals surface area (Å²) in [6.45, 7) is 2.75. The van der Waals surface area contributed by atoms with Crippen LogP contribution in [0.3, 0.4) is 0 Å². The van der Waals surface area contributed by atoms with Crippen molar-refractivity contribution in [2.45, 2.75) is 42.4 Å². The Bertz CT molecular complexity index is 849. The van der Waals surface area contributed by atoms with Gasteiger partial charge in [-0.15, -0.1) is 0 Å². The first kappa shape index (κ1) is 18.3. The summed E-state index contributed by atoms with van der Waals surface area (Å²) in [5.41, 5.74) is 3.60. The zero-order valence-electron chi connectivity index (χ0n) is 14.3. The summed E-state index contributed by atoms with van der Waals surface area (Å²) in [6, 6.07) is 14.6. The van der Waals surface area contributed by atoms with Gasteiger partial charge in [-0.3, -0.25) is 4.55 Å². The van der Waals surface area contributed by atoms with Crippen LogP contribution in [0.5, 0.6) is 0 Å². The predicted molar refractivity (Wildman–Crippen MR) is 104 cm³/mol. The summed E-state index contributed by atoms with van der Waals surface area (Å²) in [7, 11) is -3.94. The number of aryl methyl sites for hydroxylation is 1. The lowest BCUT2D eigenvalue weighted by Gasteiger charge is -2.34. The first-order valence-electron chi connectivity index (χ1n) is 8.61. The van der Waals surface area contributed by atoms with Crippen LogP contribution in [0.4, 0.5) is 11.4 Å². The smallest absolute Gasteiger partial charge is 0.264 e. The molecule has 0 spiro atoms. The number of benzene rings is 2. The molecular weight excluding hydrogens is 354 g/mol. The average molecular weight is 378 g/mol. The molecule has 0 amide bonds. The van der Waals surface area contributed by atoms with Gasteiger partial charge in [-0.05, 0) is 43.0 Å². The van der Waals surface area contributed by atoms with Crippen molar-refractivity contribution in [2.24, 2.45) is 0 Å². The average Bonchev–Trinajstić information content (AvgIpc) is 2.58. The van der Waals surface area contributed by atoms with Crippen molar-refractivity contribution in [3.63, 3.8) is 0 Å². The third kappa shape index (κ3) is 4.37. The maximum absolute atomic E-state index is 11.1. The number of hydrogen-bond acceptors (Lipinski definition) is 4. The van der Waals surface area contributed by atoms with E-state index >= 15 is 0 Å². The molecule has 25 heavy (non-hydrogen) atoms. The van der Waals surface area contributed by atoms with Crippen LogP contribution in [-0.2, 0) is 16.5 Å². The molecule has 0 fully saturated rings. The monoisotopic (exact) mass is 377 g/mol. The Balaban J connectivity index is 1.97. The van der Waals surface area contributed by atoms with E-state index in [0.717, 1.165) is 24.9 Å². The van der Waals surface area contributed by atoms with Gasteiger partial charge in [0.25, 0.3) is 10.1 Å². The highest BCUT2D eigenvalue weighted by molar-refractivity contribution is 7.99. The topological polar surface area (TPSA) is 57.6 Å². The van der Waals surface area contributed by atoms with Crippen LogP contribution < -0.4 is 4.90 Å². The Morgan fingerprint density at radius 3 is 2.56 bits per heavy atom. The van der Waals surface area contributed by atoms with Gasteiger partial charge in [0.2, 0.25) is 0 Å². The maximum atomic E-state index is 11.1. The van der Waals surface area contributed by atoms with Crippen molar-refractivity contribution in [1.29, 1.82) is 0 Å². The quantitative estimate of drug-likeness (QED) is 0.695. The molecule has 0 bridgehead atoms. The van der Waals surface area contributed by atoms with E-state index in [9.17, 15) is 8.42 Å². The number of para-hydroxylation sites is 2. The Kier molecular flexibility index (Phi) is 5.71. The third-order valence-corrected chi connectivity index (χ3v) is 6.23. The normalized spacial score (nSPS) is 13.4. The number of anilines is 2. The lowest BCUT2D eigenvalue weighted by atomic mass is 10.0. The second kappa shape index (κ2) is 7.81. The summed E-state index contributed by atoms with van der Waals surface area (Å²) in [5.74, 6) is -0.217. The second-order valence-corrected chi connectivity index (χ2v) is 8.88. The van der Waals surface area contributed by atoms with E-state index in [-0.39, 0.29) is 5.75 Å². The molecule has 1 aliphatic heterocycles. The molecule has 2 aromatic rings. The molecule has 3 rings (SSSR count). The van der Waals surface area contributed by atoms with Crippen LogP contribution in [0.15, 0.2) is 52.3 Å². The van der Waals surface area contributed by atoms with Gasteiger partial charge in [-0.2, -0.15) is 8.42 Å². The van der Waals surface area contributed by atoms with Crippen LogP contribution in [0.25, 0.3) is 0 Å². The zero-order valence-corrected chi connectivity index (χ0v) is 15.9. The first-order chi connectivity index (χ1) is 12.0. The molecule has 0 saturated carbocycles. The highest BCUT2D eigenvalue weighted by Crippen LogP contribution is 2.49. The lowest BCUT2D eigenvalue weighted by Crippen LogP contribution is -2.25. The van der Waals surface area contributed by atoms with Gasteiger partial charge in [-0.25, -0.2) is 0 Å². The number of nitrogens with zero attached hydrogens (tertiary/aromatic N) is 1. The van der Waals surface area contributed by atoms with E-state index in [2.05, 4.69) is 42.2 Å². The molecular formula is C19H23NO3S2. The molecule has 0 aliphatic carbocycles. The summed E-state index contributed by atoms with van der Waals surface area (Å²) < 4.78 is 31.3. The van der Waals surface area contributed by atoms with Crippen molar-refractivity contribution in [3.8, 4) is 0 Å². The van der Waals surface area contributed by atoms with E-state index in [1.165, 1.54) is 21.0 Å². The molecule has 1 heterocycles. The van der Waals surface area contributed by atoms with Crippen molar-refractivity contribution >= 4 is 33.3 Å². The highest BCUT2D eigenvalue weighted by Gasteiger charge is 2.25. The Hall–Kier alpha value is -1.50. The molecule has 1 aliphatic rings. The van der Waals surface area contributed by atoms with Crippen LogP contribution in [0.2, 0.25) is 0 Å². The van der Waals surface area contributed by atoms with Crippen LogP contribution >= 0.6 is 11.8 Å². The van der Waals surface area contributed by atoms with E-state index in [1.807, 2.05) is 12.1 Å². The molecule has 0 aromatic heterocycles. The van der Waals surface area contributed by atoms with E-state index < -0.39 is 10.1 Å². The predicted octanol–water partition coefficient (Wildman–Crippen LogP) is 4.91. The number of fused-ring (bicyclic) bond motifs is 2.